The molecule has 2 amide bonds. The Morgan fingerprint density at radius 1 is 1.45 bits per heavy atom. The minimum absolute atomic E-state index is 0.100. The van der Waals surface area contributed by atoms with E-state index in [0.29, 0.717) is 13.1 Å². The van der Waals surface area contributed by atoms with Crippen molar-refractivity contribution < 1.29 is 19.5 Å². The van der Waals surface area contributed by atoms with Crippen LogP contribution in [-0.2, 0) is 14.4 Å². The van der Waals surface area contributed by atoms with Crippen LogP contribution in [0.25, 0.3) is 0 Å². The van der Waals surface area contributed by atoms with E-state index in [2.05, 4.69) is 5.32 Å². The SMILES string of the molecule is CC(C)C(C)(CC(=O)N1CCNC(=O)C1(C)C)C(=O)O. The molecule has 1 aliphatic heterocycles. The van der Waals surface area contributed by atoms with Gasteiger partial charge in [0.05, 0.1) is 5.41 Å². The van der Waals surface area contributed by atoms with Gasteiger partial charge >= 0.3 is 5.97 Å². The summed E-state index contributed by atoms with van der Waals surface area (Å²) in [5.74, 6) is -1.66. The van der Waals surface area contributed by atoms with Crippen molar-refractivity contribution in [2.75, 3.05) is 13.1 Å². The number of carboxylic acids is 1. The number of carbonyl (C=O) groups is 3. The third kappa shape index (κ3) is 2.78. The van der Waals surface area contributed by atoms with E-state index in [1.54, 1.807) is 34.6 Å². The third-order valence-corrected chi connectivity index (χ3v) is 4.43. The molecule has 6 nitrogen and oxygen atoms in total. The first-order chi connectivity index (χ1) is 9.03. The number of aliphatic carboxylic acids is 1. The molecule has 0 saturated carbocycles. The van der Waals surface area contributed by atoms with Crippen molar-refractivity contribution in [3.8, 4) is 0 Å². The molecule has 1 aliphatic rings. The Kier molecular flexibility index (Phi) is 4.46. The Bertz CT molecular complexity index is 431. The van der Waals surface area contributed by atoms with Gasteiger partial charge in [-0.15, -0.1) is 0 Å². The maximum Gasteiger partial charge on any atom is 0.310 e. The van der Waals surface area contributed by atoms with Gasteiger partial charge in [0, 0.05) is 19.5 Å². The first-order valence-corrected chi connectivity index (χ1v) is 6.85. The van der Waals surface area contributed by atoms with Crippen LogP contribution in [0.2, 0.25) is 0 Å². The molecule has 0 aliphatic carbocycles. The predicted molar refractivity (Wildman–Crippen MR) is 74.0 cm³/mol. The van der Waals surface area contributed by atoms with Crippen molar-refractivity contribution >= 4 is 17.8 Å². The number of nitrogens with zero attached hydrogens (tertiary/aromatic N) is 1. The molecule has 1 rings (SSSR count). The summed E-state index contributed by atoms with van der Waals surface area (Å²) >= 11 is 0. The average Bonchev–Trinajstić information content (AvgIpc) is 2.31. The Labute approximate surface area is 119 Å². The van der Waals surface area contributed by atoms with Gasteiger partial charge in [-0.3, -0.25) is 14.4 Å². The molecule has 114 valence electrons. The fourth-order valence-electron chi connectivity index (χ4n) is 2.27. The van der Waals surface area contributed by atoms with E-state index >= 15 is 0 Å². The van der Waals surface area contributed by atoms with Gasteiger partial charge in [0.2, 0.25) is 11.8 Å². The molecule has 1 fully saturated rings. The molecule has 0 aromatic carbocycles. The smallest absolute Gasteiger partial charge is 0.310 e. The molecule has 0 bridgehead atoms. The van der Waals surface area contributed by atoms with Gasteiger partial charge in [0.25, 0.3) is 0 Å². The second-order valence-corrected chi connectivity index (χ2v) is 6.41. The van der Waals surface area contributed by atoms with Gasteiger partial charge in [0.1, 0.15) is 5.54 Å². The zero-order chi connectivity index (χ0) is 15.7. The lowest BCUT2D eigenvalue weighted by Gasteiger charge is -2.42. The number of hydrogen-bond acceptors (Lipinski definition) is 3. The van der Waals surface area contributed by atoms with Crippen molar-refractivity contribution in [2.24, 2.45) is 11.3 Å². The molecular formula is C14H24N2O4. The van der Waals surface area contributed by atoms with Gasteiger partial charge in [-0.25, -0.2) is 0 Å². The number of hydrogen-bond donors (Lipinski definition) is 2. The lowest BCUT2D eigenvalue weighted by Crippen LogP contribution is -2.64. The fourth-order valence-corrected chi connectivity index (χ4v) is 2.27. The summed E-state index contributed by atoms with van der Waals surface area (Å²) in [5, 5.41) is 12.1. The summed E-state index contributed by atoms with van der Waals surface area (Å²) in [7, 11) is 0. The monoisotopic (exact) mass is 284 g/mol. The minimum atomic E-state index is -1.12. The molecular weight excluding hydrogens is 260 g/mol. The Morgan fingerprint density at radius 3 is 2.45 bits per heavy atom. The van der Waals surface area contributed by atoms with Gasteiger partial charge in [-0.05, 0) is 26.7 Å². The zero-order valence-electron chi connectivity index (χ0n) is 12.8. The van der Waals surface area contributed by atoms with E-state index in [0.717, 1.165) is 0 Å². The highest BCUT2D eigenvalue weighted by Gasteiger charge is 2.45. The Hall–Kier alpha value is -1.59. The lowest BCUT2D eigenvalue weighted by molar-refractivity contribution is -0.159. The van der Waals surface area contributed by atoms with Gasteiger partial charge < -0.3 is 15.3 Å². The van der Waals surface area contributed by atoms with E-state index in [9.17, 15) is 19.5 Å². The summed E-state index contributed by atoms with van der Waals surface area (Å²) in [6.45, 7) is 9.31. The summed E-state index contributed by atoms with van der Waals surface area (Å²) in [6.07, 6.45) is -0.100. The van der Waals surface area contributed by atoms with Gasteiger partial charge in [-0.1, -0.05) is 13.8 Å². The molecule has 1 unspecified atom stereocenters. The molecule has 20 heavy (non-hydrogen) atoms. The van der Waals surface area contributed by atoms with E-state index in [1.165, 1.54) is 4.90 Å². The molecule has 0 aromatic rings. The summed E-state index contributed by atoms with van der Waals surface area (Å²) in [6, 6.07) is 0. The standard InChI is InChI=1S/C14H24N2O4/c1-9(2)14(5,12(19)20)8-10(17)16-7-6-15-11(18)13(16,3)4/h9H,6-8H2,1-5H3,(H,15,18)(H,19,20). The van der Waals surface area contributed by atoms with Crippen LogP contribution in [0.4, 0.5) is 0 Å². The summed E-state index contributed by atoms with van der Waals surface area (Å²) in [5.41, 5.74) is -2.06. The Balaban J connectivity index is 2.95. The van der Waals surface area contributed by atoms with Crippen LogP contribution >= 0.6 is 0 Å². The Morgan fingerprint density at radius 2 is 2.00 bits per heavy atom. The van der Waals surface area contributed by atoms with Crippen molar-refractivity contribution in [1.29, 1.82) is 0 Å². The van der Waals surface area contributed by atoms with Crippen molar-refractivity contribution in [2.45, 2.75) is 46.6 Å². The number of piperazine rings is 1. The van der Waals surface area contributed by atoms with Crippen LogP contribution in [0.3, 0.4) is 0 Å². The molecule has 0 aromatic heterocycles. The molecule has 1 atom stereocenters. The van der Waals surface area contributed by atoms with Crippen LogP contribution in [0.15, 0.2) is 0 Å². The molecule has 0 radical (unpaired) electrons. The van der Waals surface area contributed by atoms with E-state index in [1.807, 2.05) is 0 Å². The van der Waals surface area contributed by atoms with Crippen molar-refractivity contribution in [1.82, 2.24) is 10.2 Å². The van der Waals surface area contributed by atoms with Gasteiger partial charge in [0.15, 0.2) is 0 Å². The highest BCUT2D eigenvalue weighted by Crippen LogP contribution is 2.33. The molecule has 0 spiro atoms. The summed E-state index contributed by atoms with van der Waals surface area (Å²) in [4.78, 5) is 37.2. The number of rotatable bonds is 4. The zero-order valence-corrected chi connectivity index (χ0v) is 12.8. The minimum Gasteiger partial charge on any atom is -0.481 e. The van der Waals surface area contributed by atoms with Crippen LogP contribution in [0, 0.1) is 11.3 Å². The molecule has 1 saturated heterocycles. The molecule has 1 heterocycles. The average molecular weight is 284 g/mol. The van der Waals surface area contributed by atoms with E-state index in [4.69, 9.17) is 0 Å². The predicted octanol–water partition coefficient (Wildman–Crippen LogP) is 0.860. The van der Waals surface area contributed by atoms with Crippen LogP contribution < -0.4 is 5.32 Å². The maximum absolute atomic E-state index is 12.5. The second kappa shape index (κ2) is 5.42. The maximum atomic E-state index is 12.5. The number of amides is 2. The largest absolute Gasteiger partial charge is 0.481 e. The first-order valence-electron chi connectivity index (χ1n) is 6.85. The lowest BCUT2D eigenvalue weighted by atomic mass is 9.75. The van der Waals surface area contributed by atoms with Crippen molar-refractivity contribution in [3.05, 3.63) is 0 Å². The normalized spacial score (nSPS) is 21.3. The topological polar surface area (TPSA) is 86.7 Å². The highest BCUT2D eigenvalue weighted by atomic mass is 16.4. The quantitative estimate of drug-likeness (QED) is 0.801. The van der Waals surface area contributed by atoms with E-state index < -0.39 is 16.9 Å². The third-order valence-electron chi connectivity index (χ3n) is 4.43. The first kappa shape index (κ1) is 16.5. The second-order valence-electron chi connectivity index (χ2n) is 6.41. The van der Waals surface area contributed by atoms with E-state index in [-0.39, 0.29) is 24.2 Å². The van der Waals surface area contributed by atoms with Crippen LogP contribution in [0.1, 0.15) is 41.0 Å². The number of carbonyl (C=O) groups excluding carboxylic acids is 2. The summed E-state index contributed by atoms with van der Waals surface area (Å²) < 4.78 is 0. The van der Waals surface area contributed by atoms with Gasteiger partial charge in [-0.2, -0.15) is 0 Å². The number of carboxylic acid groups (broad SMARTS) is 1. The molecule has 6 heteroatoms. The number of nitrogens with one attached hydrogen (secondary N) is 1. The van der Waals surface area contributed by atoms with Crippen molar-refractivity contribution in [3.63, 3.8) is 0 Å². The molecule has 2 N–H and O–H groups in total. The fraction of sp³-hybridized carbons (Fsp3) is 0.786. The van der Waals surface area contributed by atoms with Crippen LogP contribution in [0.5, 0.6) is 0 Å². The highest BCUT2D eigenvalue weighted by molar-refractivity contribution is 5.93. The van der Waals surface area contributed by atoms with Crippen LogP contribution in [-0.4, -0.2) is 46.4 Å².